The average molecular weight is 337 g/mol. The van der Waals surface area contributed by atoms with Crippen molar-refractivity contribution in [3.05, 3.63) is 65.7 Å². The SMILES string of the molecule is CCOC(=O)C(Cc1ccccc1)C(=O)N1CCCc2ccccc21. The number of aryl methyl sites for hydroxylation is 1. The molecule has 2 aromatic carbocycles. The first-order chi connectivity index (χ1) is 12.2. The molecular formula is C21H23NO3. The Kier molecular flexibility index (Phi) is 5.49. The smallest absolute Gasteiger partial charge is 0.318 e. The summed E-state index contributed by atoms with van der Waals surface area (Å²) in [7, 11) is 0. The Morgan fingerprint density at radius 2 is 1.80 bits per heavy atom. The molecule has 1 unspecified atom stereocenters. The van der Waals surface area contributed by atoms with Gasteiger partial charge >= 0.3 is 5.97 Å². The molecular weight excluding hydrogens is 314 g/mol. The number of carbonyl (C=O) groups excluding carboxylic acids is 2. The summed E-state index contributed by atoms with van der Waals surface area (Å²) in [6.07, 6.45) is 2.23. The predicted octanol–water partition coefficient (Wildman–Crippen LogP) is 3.39. The average Bonchev–Trinajstić information content (AvgIpc) is 2.66. The summed E-state index contributed by atoms with van der Waals surface area (Å²) in [4.78, 5) is 27.4. The van der Waals surface area contributed by atoms with Crippen LogP contribution in [0.2, 0.25) is 0 Å². The van der Waals surface area contributed by atoms with Crippen LogP contribution in [0.3, 0.4) is 0 Å². The quantitative estimate of drug-likeness (QED) is 0.621. The normalized spacial score (nSPS) is 14.5. The van der Waals surface area contributed by atoms with E-state index in [0.717, 1.165) is 29.7 Å². The number of amides is 1. The molecule has 0 aromatic heterocycles. The van der Waals surface area contributed by atoms with Crippen LogP contribution in [0, 0.1) is 5.92 Å². The van der Waals surface area contributed by atoms with Crippen molar-refractivity contribution in [1.29, 1.82) is 0 Å². The molecule has 0 N–H and O–H groups in total. The van der Waals surface area contributed by atoms with Gasteiger partial charge in [0.25, 0.3) is 0 Å². The van der Waals surface area contributed by atoms with Crippen molar-refractivity contribution in [2.24, 2.45) is 5.92 Å². The molecule has 0 bridgehead atoms. The van der Waals surface area contributed by atoms with E-state index < -0.39 is 11.9 Å². The number of ether oxygens (including phenoxy) is 1. The van der Waals surface area contributed by atoms with Crippen molar-refractivity contribution in [1.82, 2.24) is 0 Å². The second-order valence-corrected chi connectivity index (χ2v) is 6.22. The molecule has 0 saturated carbocycles. The number of benzene rings is 2. The van der Waals surface area contributed by atoms with E-state index in [1.807, 2.05) is 54.6 Å². The van der Waals surface area contributed by atoms with Gasteiger partial charge in [0.15, 0.2) is 0 Å². The van der Waals surface area contributed by atoms with Gasteiger partial charge in [0.1, 0.15) is 5.92 Å². The summed E-state index contributed by atoms with van der Waals surface area (Å²) >= 11 is 0. The summed E-state index contributed by atoms with van der Waals surface area (Å²) in [5.41, 5.74) is 3.03. The van der Waals surface area contributed by atoms with E-state index >= 15 is 0 Å². The summed E-state index contributed by atoms with van der Waals surface area (Å²) in [6.45, 7) is 2.67. The van der Waals surface area contributed by atoms with E-state index in [-0.39, 0.29) is 12.5 Å². The minimum absolute atomic E-state index is 0.172. The molecule has 0 radical (unpaired) electrons. The van der Waals surface area contributed by atoms with Gasteiger partial charge in [0.2, 0.25) is 5.91 Å². The summed E-state index contributed by atoms with van der Waals surface area (Å²) < 4.78 is 5.19. The maximum absolute atomic E-state index is 13.2. The van der Waals surface area contributed by atoms with Gasteiger partial charge in [-0.1, -0.05) is 48.5 Å². The van der Waals surface area contributed by atoms with Gasteiger partial charge in [0, 0.05) is 12.2 Å². The van der Waals surface area contributed by atoms with E-state index in [1.165, 1.54) is 0 Å². The van der Waals surface area contributed by atoms with Crippen LogP contribution in [-0.2, 0) is 27.2 Å². The lowest BCUT2D eigenvalue weighted by Gasteiger charge is -2.31. The Morgan fingerprint density at radius 3 is 2.56 bits per heavy atom. The number of para-hydroxylation sites is 1. The number of fused-ring (bicyclic) bond motifs is 1. The Balaban J connectivity index is 1.88. The molecule has 1 atom stereocenters. The monoisotopic (exact) mass is 337 g/mol. The third-order valence-corrected chi connectivity index (χ3v) is 4.53. The predicted molar refractivity (Wildman–Crippen MR) is 97.4 cm³/mol. The Labute approximate surface area is 148 Å². The molecule has 1 amide bonds. The largest absolute Gasteiger partial charge is 0.465 e. The molecule has 1 heterocycles. The van der Waals surface area contributed by atoms with Crippen molar-refractivity contribution >= 4 is 17.6 Å². The summed E-state index contributed by atoms with van der Waals surface area (Å²) in [5.74, 6) is -1.43. The molecule has 3 rings (SSSR count). The fourth-order valence-electron chi connectivity index (χ4n) is 3.31. The van der Waals surface area contributed by atoms with Crippen LogP contribution in [0.1, 0.15) is 24.5 Å². The highest BCUT2D eigenvalue weighted by molar-refractivity contribution is 6.07. The number of esters is 1. The maximum atomic E-state index is 13.2. The minimum Gasteiger partial charge on any atom is -0.465 e. The van der Waals surface area contributed by atoms with Crippen LogP contribution in [0.5, 0.6) is 0 Å². The van der Waals surface area contributed by atoms with Crippen LogP contribution in [0.25, 0.3) is 0 Å². The molecule has 4 heteroatoms. The van der Waals surface area contributed by atoms with Gasteiger partial charge in [-0.25, -0.2) is 0 Å². The van der Waals surface area contributed by atoms with E-state index in [4.69, 9.17) is 4.74 Å². The number of anilines is 1. The second kappa shape index (κ2) is 7.97. The van der Waals surface area contributed by atoms with Gasteiger partial charge in [-0.05, 0) is 43.4 Å². The van der Waals surface area contributed by atoms with Crippen molar-refractivity contribution < 1.29 is 14.3 Å². The van der Waals surface area contributed by atoms with Crippen molar-refractivity contribution in [2.45, 2.75) is 26.2 Å². The fraction of sp³-hybridized carbons (Fsp3) is 0.333. The summed E-state index contributed by atoms with van der Waals surface area (Å²) in [5, 5.41) is 0. The molecule has 0 fully saturated rings. The zero-order valence-electron chi connectivity index (χ0n) is 14.5. The number of hydrogen-bond acceptors (Lipinski definition) is 3. The van der Waals surface area contributed by atoms with Gasteiger partial charge in [-0.2, -0.15) is 0 Å². The van der Waals surface area contributed by atoms with E-state index in [1.54, 1.807) is 11.8 Å². The van der Waals surface area contributed by atoms with Gasteiger partial charge in [-0.3, -0.25) is 9.59 Å². The highest BCUT2D eigenvalue weighted by atomic mass is 16.5. The Hall–Kier alpha value is -2.62. The van der Waals surface area contributed by atoms with Gasteiger partial charge < -0.3 is 9.64 Å². The lowest BCUT2D eigenvalue weighted by molar-refractivity contribution is -0.151. The lowest BCUT2D eigenvalue weighted by Crippen LogP contribution is -2.43. The second-order valence-electron chi connectivity index (χ2n) is 6.22. The van der Waals surface area contributed by atoms with E-state index in [9.17, 15) is 9.59 Å². The molecule has 0 saturated heterocycles. The molecule has 1 aliphatic heterocycles. The zero-order valence-corrected chi connectivity index (χ0v) is 14.5. The molecule has 0 spiro atoms. The van der Waals surface area contributed by atoms with Gasteiger partial charge in [0.05, 0.1) is 6.61 Å². The number of rotatable bonds is 5. The Morgan fingerprint density at radius 1 is 1.08 bits per heavy atom. The first-order valence-electron chi connectivity index (χ1n) is 8.80. The van der Waals surface area contributed by atoms with Crippen molar-refractivity contribution in [3.63, 3.8) is 0 Å². The molecule has 25 heavy (non-hydrogen) atoms. The van der Waals surface area contributed by atoms with E-state index in [2.05, 4.69) is 0 Å². The third kappa shape index (κ3) is 3.90. The van der Waals surface area contributed by atoms with Crippen molar-refractivity contribution in [2.75, 3.05) is 18.1 Å². The van der Waals surface area contributed by atoms with Crippen LogP contribution in [0.15, 0.2) is 54.6 Å². The Bertz CT molecular complexity index is 742. The number of hydrogen-bond donors (Lipinski definition) is 0. The summed E-state index contributed by atoms with van der Waals surface area (Å²) in [6, 6.07) is 17.5. The van der Waals surface area contributed by atoms with Crippen LogP contribution >= 0.6 is 0 Å². The first-order valence-corrected chi connectivity index (χ1v) is 8.80. The van der Waals surface area contributed by atoms with Crippen LogP contribution in [0.4, 0.5) is 5.69 Å². The van der Waals surface area contributed by atoms with Crippen molar-refractivity contribution in [3.8, 4) is 0 Å². The fourth-order valence-corrected chi connectivity index (χ4v) is 3.31. The highest BCUT2D eigenvalue weighted by Gasteiger charge is 2.34. The first kappa shape index (κ1) is 17.2. The minimum atomic E-state index is -0.812. The lowest BCUT2D eigenvalue weighted by atomic mass is 9.95. The molecule has 130 valence electrons. The highest BCUT2D eigenvalue weighted by Crippen LogP contribution is 2.29. The van der Waals surface area contributed by atoms with Crippen LogP contribution < -0.4 is 4.90 Å². The van der Waals surface area contributed by atoms with Gasteiger partial charge in [-0.15, -0.1) is 0 Å². The number of carbonyl (C=O) groups is 2. The zero-order chi connectivity index (χ0) is 17.6. The van der Waals surface area contributed by atoms with E-state index in [0.29, 0.717) is 13.0 Å². The topological polar surface area (TPSA) is 46.6 Å². The standard InChI is InChI=1S/C21H23NO3/c1-2-25-21(24)18(15-16-9-4-3-5-10-16)20(23)22-14-8-12-17-11-6-7-13-19(17)22/h3-7,9-11,13,18H,2,8,12,14-15H2,1H3. The van der Waals surface area contributed by atoms with Crippen LogP contribution in [-0.4, -0.2) is 25.0 Å². The molecule has 0 aliphatic carbocycles. The molecule has 1 aliphatic rings. The molecule has 2 aromatic rings. The third-order valence-electron chi connectivity index (χ3n) is 4.53. The number of nitrogens with zero attached hydrogens (tertiary/aromatic N) is 1. The molecule has 4 nitrogen and oxygen atoms in total. The maximum Gasteiger partial charge on any atom is 0.318 e.